The van der Waals surface area contributed by atoms with Gasteiger partial charge in [0.15, 0.2) is 0 Å². The molecule has 1 aromatic rings. The third-order valence-electron chi connectivity index (χ3n) is 2.21. The van der Waals surface area contributed by atoms with E-state index in [4.69, 9.17) is 22.8 Å². The van der Waals surface area contributed by atoms with Crippen molar-refractivity contribution in [3.63, 3.8) is 0 Å². The summed E-state index contributed by atoms with van der Waals surface area (Å²) in [4.78, 5) is 11.8. The lowest BCUT2D eigenvalue weighted by Crippen LogP contribution is -2.30. The average molecular weight is 270 g/mol. The van der Waals surface area contributed by atoms with Crippen LogP contribution < -0.4 is 5.32 Å². The van der Waals surface area contributed by atoms with Gasteiger partial charge >= 0.3 is 5.97 Å². The lowest BCUT2D eigenvalue weighted by molar-refractivity contribution is -0.145. The van der Waals surface area contributed by atoms with Crippen molar-refractivity contribution < 1.29 is 13.9 Å². The molecular formula is C13H13ClFNO2. The van der Waals surface area contributed by atoms with Crippen LogP contribution in [0.2, 0.25) is 5.02 Å². The number of hydrogen-bond acceptors (Lipinski definition) is 3. The van der Waals surface area contributed by atoms with Crippen LogP contribution in [0.4, 0.5) is 4.39 Å². The summed E-state index contributed by atoms with van der Waals surface area (Å²) < 4.78 is 18.0. The van der Waals surface area contributed by atoms with E-state index in [2.05, 4.69) is 11.2 Å². The van der Waals surface area contributed by atoms with Crippen LogP contribution in [-0.2, 0) is 9.53 Å². The van der Waals surface area contributed by atoms with Gasteiger partial charge < -0.3 is 4.74 Å². The molecule has 1 N–H and O–H groups in total. The Bertz CT molecular complexity index is 471. The first kappa shape index (κ1) is 14.5. The predicted molar refractivity (Wildman–Crippen MR) is 67.6 cm³/mol. The minimum Gasteiger partial charge on any atom is -0.465 e. The van der Waals surface area contributed by atoms with E-state index in [0.717, 1.165) is 0 Å². The molecule has 1 atom stereocenters. The van der Waals surface area contributed by atoms with Crippen LogP contribution in [0.15, 0.2) is 18.2 Å². The zero-order chi connectivity index (χ0) is 13.5. The largest absolute Gasteiger partial charge is 0.465 e. The number of halogens is 2. The number of hydrogen-bond donors (Lipinski definition) is 1. The Morgan fingerprint density at radius 3 is 2.94 bits per heavy atom. The van der Waals surface area contributed by atoms with E-state index >= 15 is 0 Å². The van der Waals surface area contributed by atoms with Gasteiger partial charge in [0.2, 0.25) is 0 Å². The second-order valence-electron chi connectivity index (χ2n) is 3.44. The van der Waals surface area contributed by atoms with Gasteiger partial charge in [-0.1, -0.05) is 23.6 Å². The van der Waals surface area contributed by atoms with Crippen molar-refractivity contribution >= 4 is 17.6 Å². The molecule has 1 rings (SSSR count). The maximum absolute atomic E-state index is 13.1. The molecule has 0 aromatic heterocycles. The molecule has 0 aliphatic carbocycles. The molecule has 0 bridgehead atoms. The van der Waals surface area contributed by atoms with Gasteiger partial charge in [-0.05, 0) is 24.6 Å². The number of ether oxygens (including phenoxy) is 1. The van der Waals surface area contributed by atoms with Crippen LogP contribution >= 0.6 is 11.6 Å². The second-order valence-corrected chi connectivity index (χ2v) is 3.85. The van der Waals surface area contributed by atoms with Crippen molar-refractivity contribution in [2.45, 2.75) is 13.0 Å². The fraction of sp³-hybridized carbons (Fsp3) is 0.308. The van der Waals surface area contributed by atoms with Crippen molar-refractivity contribution in [1.82, 2.24) is 5.32 Å². The first-order valence-corrected chi connectivity index (χ1v) is 5.76. The highest BCUT2D eigenvalue weighted by atomic mass is 35.5. The molecule has 0 aliphatic rings. The Morgan fingerprint density at radius 1 is 1.67 bits per heavy atom. The van der Waals surface area contributed by atoms with Crippen LogP contribution in [0.3, 0.4) is 0 Å². The molecule has 0 spiro atoms. The van der Waals surface area contributed by atoms with E-state index < -0.39 is 17.8 Å². The monoisotopic (exact) mass is 269 g/mol. The topological polar surface area (TPSA) is 38.3 Å². The summed E-state index contributed by atoms with van der Waals surface area (Å²) >= 11 is 5.68. The van der Waals surface area contributed by atoms with E-state index in [1.807, 2.05) is 0 Å². The minimum atomic E-state index is -0.751. The molecule has 18 heavy (non-hydrogen) atoms. The number of nitrogens with one attached hydrogen (secondary N) is 1. The third-order valence-corrected chi connectivity index (χ3v) is 2.50. The molecule has 1 unspecified atom stereocenters. The Labute approximate surface area is 110 Å². The summed E-state index contributed by atoms with van der Waals surface area (Å²) in [6.45, 7) is 2.15. The molecular weight excluding hydrogens is 257 g/mol. The molecule has 0 amide bonds. The number of benzene rings is 1. The smallest absolute Gasteiger partial charge is 0.327 e. The van der Waals surface area contributed by atoms with Crippen molar-refractivity contribution in [3.05, 3.63) is 34.6 Å². The van der Waals surface area contributed by atoms with Crippen LogP contribution in [0.5, 0.6) is 0 Å². The maximum Gasteiger partial charge on any atom is 0.327 e. The molecule has 0 fully saturated rings. The van der Waals surface area contributed by atoms with Crippen LogP contribution in [0, 0.1) is 18.2 Å². The fourth-order valence-corrected chi connectivity index (χ4v) is 1.60. The molecule has 96 valence electrons. The zero-order valence-corrected chi connectivity index (χ0v) is 10.6. The van der Waals surface area contributed by atoms with Gasteiger partial charge in [-0.25, -0.2) is 9.18 Å². The van der Waals surface area contributed by atoms with Crippen molar-refractivity contribution in [1.29, 1.82) is 0 Å². The number of carbonyl (C=O) groups excluding carboxylic acids is 1. The summed E-state index contributed by atoms with van der Waals surface area (Å²) in [5, 5.41) is 2.77. The fourth-order valence-electron chi connectivity index (χ4n) is 1.42. The van der Waals surface area contributed by atoms with Crippen molar-refractivity contribution in [3.8, 4) is 12.3 Å². The van der Waals surface area contributed by atoms with E-state index in [9.17, 15) is 9.18 Å². The number of terminal acetylenes is 1. The van der Waals surface area contributed by atoms with Gasteiger partial charge in [0, 0.05) is 0 Å². The van der Waals surface area contributed by atoms with Crippen LogP contribution in [-0.4, -0.2) is 19.1 Å². The molecule has 3 nitrogen and oxygen atoms in total. The first-order chi connectivity index (χ1) is 8.60. The number of carbonyl (C=O) groups is 1. The van der Waals surface area contributed by atoms with Gasteiger partial charge in [-0.2, -0.15) is 0 Å². The Kier molecular flexibility index (Phi) is 5.63. The quantitative estimate of drug-likeness (QED) is 0.658. The number of esters is 1. The van der Waals surface area contributed by atoms with Crippen LogP contribution in [0.25, 0.3) is 0 Å². The summed E-state index contributed by atoms with van der Waals surface area (Å²) in [6.07, 6.45) is 5.13. The third kappa shape index (κ3) is 3.73. The first-order valence-electron chi connectivity index (χ1n) is 5.38. The van der Waals surface area contributed by atoms with E-state index in [0.29, 0.717) is 5.56 Å². The molecule has 0 radical (unpaired) electrons. The van der Waals surface area contributed by atoms with Crippen LogP contribution in [0.1, 0.15) is 18.5 Å². The molecule has 0 saturated heterocycles. The highest BCUT2D eigenvalue weighted by Gasteiger charge is 2.21. The standard InChI is InChI=1S/C13H13ClFNO2/c1-3-7-16-12(13(17)18-4-2)9-5-6-11(15)10(14)8-9/h1,5-6,8,12,16H,4,7H2,2H3. The van der Waals surface area contributed by atoms with Crippen molar-refractivity contribution in [2.75, 3.05) is 13.2 Å². The normalized spacial score (nSPS) is 11.7. The average Bonchev–Trinajstić information content (AvgIpc) is 2.34. The predicted octanol–water partition coefficient (Wildman–Crippen LogP) is 2.31. The van der Waals surface area contributed by atoms with Gasteiger partial charge in [0.05, 0.1) is 18.2 Å². The van der Waals surface area contributed by atoms with E-state index in [1.165, 1.54) is 18.2 Å². The summed E-state index contributed by atoms with van der Waals surface area (Å²) in [6, 6.07) is 3.29. The SMILES string of the molecule is C#CCNC(C(=O)OCC)c1ccc(F)c(Cl)c1. The van der Waals surface area contributed by atoms with Gasteiger partial charge in [-0.3, -0.25) is 5.32 Å². The molecule has 0 aliphatic heterocycles. The van der Waals surface area contributed by atoms with Crippen molar-refractivity contribution in [2.24, 2.45) is 0 Å². The highest BCUT2D eigenvalue weighted by molar-refractivity contribution is 6.30. The minimum absolute atomic E-state index is 0.0516. The lowest BCUT2D eigenvalue weighted by Gasteiger charge is -2.16. The molecule has 1 aromatic carbocycles. The summed E-state index contributed by atoms with van der Waals surface area (Å²) in [5.74, 6) is 1.35. The van der Waals surface area contributed by atoms with Gasteiger partial charge in [0.25, 0.3) is 0 Å². The Hall–Kier alpha value is -1.57. The van der Waals surface area contributed by atoms with E-state index in [1.54, 1.807) is 6.92 Å². The van der Waals surface area contributed by atoms with Gasteiger partial charge in [0.1, 0.15) is 11.9 Å². The van der Waals surface area contributed by atoms with Gasteiger partial charge in [-0.15, -0.1) is 6.42 Å². The molecule has 0 saturated carbocycles. The molecule has 5 heteroatoms. The highest BCUT2D eigenvalue weighted by Crippen LogP contribution is 2.21. The summed E-state index contributed by atoms with van der Waals surface area (Å²) in [5.41, 5.74) is 0.509. The summed E-state index contributed by atoms with van der Waals surface area (Å²) in [7, 11) is 0. The Morgan fingerprint density at radius 2 is 2.39 bits per heavy atom. The maximum atomic E-state index is 13.1. The zero-order valence-electron chi connectivity index (χ0n) is 9.87. The second kappa shape index (κ2) is 7.00. The Balaban J connectivity index is 2.97. The van der Waals surface area contributed by atoms with E-state index in [-0.39, 0.29) is 18.2 Å². The number of rotatable bonds is 5. The molecule has 0 heterocycles. The lowest BCUT2D eigenvalue weighted by atomic mass is 10.1.